The van der Waals surface area contributed by atoms with Gasteiger partial charge in [-0.15, -0.1) is 0 Å². The average molecular weight is 309 g/mol. The highest BCUT2D eigenvalue weighted by molar-refractivity contribution is 5.85. The van der Waals surface area contributed by atoms with E-state index < -0.39 is 0 Å². The van der Waals surface area contributed by atoms with E-state index in [1.54, 1.807) is 0 Å². The Hall–Kier alpha value is -2.59. The Bertz CT molecular complexity index is 765. The van der Waals surface area contributed by atoms with Gasteiger partial charge in [-0.2, -0.15) is 0 Å². The van der Waals surface area contributed by atoms with E-state index >= 15 is 0 Å². The average Bonchev–Trinajstić information content (AvgIpc) is 2.73. The van der Waals surface area contributed by atoms with Gasteiger partial charge in [0.25, 0.3) is 0 Å². The number of esters is 1. The summed E-state index contributed by atoms with van der Waals surface area (Å²) in [5, 5.41) is 0. The summed E-state index contributed by atoms with van der Waals surface area (Å²) >= 11 is 0. The molecular weight excluding hydrogens is 290 g/mol. The Morgan fingerprint density at radius 2 is 2.09 bits per heavy atom. The van der Waals surface area contributed by atoms with E-state index in [1.165, 1.54) is 7.11 Å². The van der Waals surface area contributed by atoms with Crippen molar-refractivity contribution in [1.29, 1.82) is 0 Å². The quantitative estimate of drug-likeness (QED) is 0.886. The second-order valence-electron chi connectivity index (χ2n) is 5.38. The normalized spacial score (nSPS) is 14.4. The van der Waals surface area contributed by atoms with E-state index in [0.29, 0.717) is 13.2 Å². The standard InChI is InChI=1S/C19H19NO3/c1-22-19(21)11-13-6-7-18-17(10-13)16(8-9-20)15-5-3-2-4-14(15)12-23-18/h2-8,10H,9,11-12,20H2,1H3/b16-8+. The van der Waals surface area contributed by atoms with Crippen molar-refractivity contribution in [3.63, 3.8) is 0 Å². The van der Waals surface area contributed by atoms with Gasteiger partial charge in [0.2, 0.25) is 0 Å². The highest BCUT2D eigenvalue weighted by Crippen LogP contribution is 2.37. The first-order valence-electron chi connectivity index (χ1n) is 7.54. The van der Waals surface area contributed by atoms with Crippen molar-refractivity contribution >= 4 is 11.5 Å². The van der Waals surface area contributed by atoms with Crippen LogP contribution in [-0.2, 0) is 22.6 Å². The lowest BCUT2D eigenvalue weighted by molar-refractivity contribution is -0.139. The molecule has 1 aliphatic rings. The highest BCUT2D eigenvalue weighted by atomic mass is 16.5. The minimum Gasteiger partial charge on any atom is -0.488 e. The van der Waals surface area contributed by atoms with Crippen molar-refractivity contribution in [1.82, 2.24) is 0 Å². The molecule has 0 saturated carbocycles. The molecule has 2 aromatic carbocycles. The SMILES string of the molecule is COC(=O)Cc1ccc2c(c1)/C(=C/CN)c1ccccc1CO2. The van der Waals surface area contributed by atoms with Crippen LogP contribution in [-0.4, -0.2) is 19.6 Å². The third-order valence-corrected chi connectivity index (χ3v) is 3.92. The number of ether oxygens (including phenoxy) is 2. The first-order chi connectivity index (χ1) is 11.2. The van der Waals surface area contributed by atoms with Crippen LogP contribution < -0.4 is 10.5 Å². The summed E-state index contributed by atoms with van der Waals surface area (Å²) in [6.07, 6.45) is 2.23. The Balaban J connectivity index is 2.10. The molecule has 0 spiro atoms. The van der Waals surface area contributed by atoms with E-state index in [0.717, 1.165) is 33.6 Å². The molecule has 2 aromatic rings. The second kappa shape index (κ2) is 6.67. The molecule has 0 saturated heterocycles. The van der Waals surface area contributed by atoms with Crippen LogP contribution in [0.1, 0.15) is 22.3 Å². The van der Waals surface area contributed by atoms with Crippen molar-refractivity contribution < 1.29 is 14.3 Å². The molecule has 0 unspecified atom stereocenters. The molecule has 2 N–H and O–H groups in total. The lowest BCUT2D eigenvalue weighted by Crippen LogP contribution is -2.05. The van der Waals surface area contributed by atoms with Gasteiger partial charge in [-0.1, -0.05) is 36.4 Å². The molecule has 0 aliphatic carbocycles. The molecule has 23 heavy (non-hydrogen) atoms. The number of methoxy groups -OCH3 is 1. The summed E-state index contributed by atoms with van der Waals surface area (Å²) < 4.78 is 10.7. The van der Waals surface area contributed by atoms with Crippen LogP contribution in [0.5, 0.6) is 5.75 Å². The first kappa shape index (κ1) is 15.3. The molecule has 0 fully saturated rings. The van der Waals surface area contributed by atoms with Gasteiger partial charge in [0, 0.05) is 12.1 Å². The summed E-state index contributed by atoms with van der Waals surface area (Å²) in [7, 11) is 1.39. The topological polar surface area (TPSA) is 61.5 Å². The summed E-state index contributed by atoms with van der Waals surface area (Å²) in [5.41, 5.74) is 10.9. The maximum Gasteiger partial charge on any atom is 0.309 e. The molecule has 0 aromatic heterocycles. The van der Waals surface area contributed by atoms with Gasteiger partial charge in [-0.05, 0) is 34.4 Å². The molecule has 4 nitrogen and oxygen atoms in total. The van der Waals surface area contributed by atoms with Gasteiger partial charge in [0.1, 0.15) is 12.4 Å². The van der Waals surface area contributed by atoms with Crippen LogP contribution in [0.15, 0.2) is 48.5 Å². The highest BCUT2D eigenvalue weighted by Gasteiger charge is 2.19. The first-order valence-corrected chi connectivity index (χ1v) is 7.54. The van der Waals surface area contributed by atoms with Gasteiger partial charge in [-0.25, -0.2) is 0 Å². The zero-order valence-electron chi connectivity index (χ0n) is 13.0. The number of rotatable bonds is 3. The third-order valence-electron chi connectivity index (χ3n) is 3.92. The summed E-state index contributed by atoms with van der Waals surface area (Å²) in [5.74, 6) is 0.541. The van der Waals surface area contributed by atoms with Crippen LogP contribution in [0.3, 0.4) is 0 Å². The van der Waals surface area contributed by atoms with Crippen molar-refractivity contribution in [3.8, 4) is 5.75 Å². The minimum absolute atomic E-state index is 0.237. The maximum absolute atomic E-state index is 11.5. The zero-order valence-corrected chi connectivity index (χ0v) is 13.0. The lowest BCUT2D eigenvalue weighted by atomic mass is 9.92. The number of benzene rings is 2. The molecule has 3 rings (SSSR count). The molecule has 4 heteroatoms. The van der Waals surface area contributed by atoms with Gasteiger partial charge < -0.3 is 15.2 Å². The largest absolute Gasteiger partial charge is 0.488 e. The Labute approximate surface area is 135 Å². The summed E-state index contributed by atoms with van der Waals surface area (Å²) in [6, 6.07) is 13.9. The molecule has 0 amide bonds. The number of nitrogens with two attached hydrogens (primary N) is 1. The molecular formula is C19H19NO3. The minimum atomic E-state index is -0.260. The predicted octanol–water partition coefficient (Wildman–Crippen LogP) is 2.68. The third kappa shape index (κ3) is 3.12. The summed E-state index contributed by atoms with van der Waals surface area (Å²) in [6.45, 7) is 0.950. The van der Waals surface area contributed by atoms with Crippen molar-refractivity contribution in [2.24, 2.45) is 5.73 Å². The van der Waals surface area contributed by atoms with Crippen LogP contribution in [0.4, 0.5) is 0 Å². The van der Waals surface area contributed by atoms with Gasteiger partial charge in [0.05, 0.1) is 13.5 Å². The monoisotopic (exact) mass is 309 g/mol. The van der Waals surface area contributed by atoms with Crippen LogP contribution in [0, 0.1) is 0 Å². The second-order valence-corrected chi connectivity index (χ2v) is 5.38. The number of hydrogen-bond acceptors (Lipinski definition) is 4. The Morgan fingerprint density at radius 1 is 1.26 bits per heavy atom. The van der Waals surface area contributed by atoms with Gasteiger partial charge >= 0.3 is 5.97 Å². The molecule has 0 bridgehead atoms. The van der Waals surface area contributed by atoms with E-state index in [4.69, 9.17) is 15.2 Å². The van der Waals surface area contributed by atoms with E-state index in [-0.39, 0.29) is 12.4 Å². The smallest absolute Gasteiger partial charge is 0.309 e. The molecule has 118 valence electrons. The van der Waals surface area contributed by atoms with E-state index in [9.17, 15) is 4.79 Å². The fourth-order valence-electron chi connectivity index (χ4n) is 2.81. The van der Waals surface area contributed by atoms with Crippen molar-refractivity contribution in [2.75, 3.05) is 13.7 Å². The number of fused-ring (bicyclic) bond motifs is 2. The molecule has 1 heterocycles. The number of carbonyl (C=O) groups excluding carboxylic acids is 1. The zero-order chi connectivity index (χ0) is 16.2. The molecule has 1 aliphatic heterocycles. The number of hydrogen-bond donors (Lipinski definition) is 1. The fraction of sp³-hybridized carbons (Fsp3) is 0.211. The van der Waals surface area contributed by atoms with Crippen molar-refractivity contribution in [3.05, 3.63) is 70.8 Å². The predicted molar refractivity (Wildman–Crippen MR) is 89.1 cm³/mol. The lowest BCUT2D eigenvalue weighted by Gasteiger charge is -2.12. The maximum atomic E-state index is 11.5. The van der Waals surface area contributed by atoms with Crippen LogP contribution >= 0.6 is 0 Å². The molecule has 0 radical (unpaired) electrons. The van der Waals surface area contributed by atoms with Crippen molar-refractivity contribution in [2.45, 2.75) is 13.0 Å². The fourth-order valence-corrected chi connectivity index (χ4v) is 2.81. The summed E-state index contributed by atoms with van der Waals surface area (Å²) in [4.78, 5) is 11.5. The van der Waals surface area contributed by atoms with Crippen LogP contribution in [0.25, 0.3) is 5.57 Å². The molecule has 0 atom stereocenters. The van der Waals surface area contributed by atoms with Crippen LogP contribution in [0.2, 0.25) is 0 Å². The Morgan fingerprint density at radius 3 is 2.87 bits per heavy atom. The van der Waals surface area contributed by atoms with E-state index in [1.807, 2.05) is 36.4 Å². The van der Waals surface area contributed by atoms with Gasteiger partial charge in [-0.3, -0.25) is 4.79 Å². The Kier molecular flexibility index (Phi) is 4.44. The van der Waals surface area contributed by atoms with Gasteiger partial charge in [0.15, 0.2) is 0 Å². The number of carbonyl (C=O) groups is 1. The van der Waals surface area contributed by atoms with E-state index in [2.05, 4.69) is 12.1 Å².